The fraction of sp³-hybridized carbons (Fsp3) is 0.400. The zero-order valence-electron chi connectivity index (χ0n) is 12.4. The van der Waals surface area contributed by atoms with E-state index in [1.54, 1.807) is 7.11 Å². The minimum atomic E-state index is -0.334. The quantitative estimate of drug-likeness (QED) is 0.939. The highest BCUT2D eigenvalue weighted by Gasteiger charge is 2.10. The second-order valence-corrected chi connectivity index (χ2v) is 6.06. The molecule has 1 heterocycles. The minimum absolute atomic E-state index is 0.334. The van der Waals surface area contributed by atoms with Crippen LogP contribution < -0.4 is 15.7 Å². The van der Waals surface area contributed by atoms with Gasteiger partial charge in [-0.2, -0.15) is 10.1 Å². The van der Waals surface area contributed by atoms with Gasteiger partial charge in [0.15, 0.2) is 0 Å². The summed E-state index contributed by atoms with van der Waals surface area (Å²) in [5, 5.41) is 8.08. The van der Waals surface area contributed by atoms with Crippen molar-refractivity contribution in [2.75, 3.05) is 12.4 Å². The van der Waals surface area contributed by atoms with Crippen LogP contribution in [0.4, 0.5) is 10.8 Å². The molecule has 0 amide bonds. The maximum Gasteiger partial charge on any atom is 0.380 e. The zero-order chi connectivity index (χ0) is 15.4. The molecule has 2 aromatic rings. The van der Waals surface area contributed by atoms with Gasteiger partial charge in [-0.05, 0) is 49.9 Å². The van der Waals surface area contributed by atoms with E-state index in [4.69, 9.17) is 4.74 Å². The van der Waals surface area contributed by atoms with E-state index >= 15 is 0 Å². The van der Waals surface area contributed by atoms with E-state index in [2.05, 4.69) is 15.4 Å². The van der Waals surface area contributed by atoms with Gasteiger partial charge in [0, 0.05) is 22.9 Å². The fourth-order valence-corrected chi connectivity index (χ4v) is 3.09. The first kappa shape index (κ1) is 14.8. The van der Waals surface area contributed by atoms with E-state index in [1.165, 1.54) is 22.0 Å². The second-order valence-electron chi connectivity index (χ2n) is 5.14. The zero-order valence-corrected chi connectivity index (χ0v) is 13.2. The van der Waals surface area contributed by atoms with Gasteiger partial charge in [0.1, 0.15) is 5.75 Å². The number of nitrogens with one attached hydrogen (secondary N) is 1. The summed E-state index contributed by atoms with van der Waals surface area (Å²) < 4.78 is 6.48. The molecule has 1 aliphatic carbocycles. The molecular weight excluding hydrogens is 300 g/mol. The van der Waals surface area contributed by atoms with Gasteiger partial charge in [-0.15, -0.1) is 4.07 Å². The molecule has 1 saturated carbocycles. The molecule has 22 heavy (non-hydrogen) atoms. The molecule has 0 spiro atoms. The van der Waals surface area contributed by atoms with Crippen LogP contribution in [0.3, 0.4) is 0 Å². The summed E-state index contributed by atoms with van der Waals surface area (Å²) in [6, 6.07) is 7.46. The molecule has 0 saturated heterocycles. The normalized spacial score (nSPS) is 14.7. The molecule has 3 rings (SSSR count). The van der Waals surface area contributed by atoms with Crippen LogP contribution >= 0.6 is 11.5 Å². The third kappa shape index (κ3) is 3.54. The van der Waals surface area contributed by atoms with Crippen molar-refractivity contribution >= 4 is 28.1 Å². The number of hydrogen-bond acceptors (Lipinski definition) is 6. The Morgan fingerprint density at radius 1 is 1.23 bits per heavy atom. The van der Waals surface area contributed by atoms with E-state index in [1.807, 2.05) is 24.3 Å². The molecule has 7 heteroatoms. The Balaban J connectivity index is 1.75. The van der Waals surface area contributed by atoms with Crippen molar-refractivity contribution in [3.63, 3.8) is 0 Å². The van der Waals surface area contributed by atoms with Crippen LogP contribution in [0.5, 0.6) is 5.75 Å². The number of rotatable bonds is 4. The summed E-state index contributed by atoms with van der Waals surface area (Å²) in [4.78, 5) is 15.9. The number of nitrogens with zero attached hydrogens (tertiary/aromatic N) is 3. The molecule has 0 atom stereocenters. The molecule has 0 bridgehead atoms. The standard InChI is InChI=1S/C15H18N4O2S/c1-21-13-9-7-11(8-10-13)16-14-17-15(20)19(22-14)18-12-5-3-2-4-6-12/h7-10H,2-6H2,1H3,(H,16,17,20). The first-order valence-corrected chi connectivity index (χ1v) is 8.10. The highest BCUT2D eigenvalue weighted by Crippen LogP contribution is 2.21. The molecule has 1 aliphatic rings. The van der Waals surface area contributed by atoms with Crippen molar-refractivity contribution in [3.8, 4) is 5.75 Å². The molecular formula is C15H18N4O2S. The molecule has 1 aromatic heterocycles. The Morgan fingerprint density at radius 3 is 2.64 bits per heavy atom. The van der Waals surface area contributed by atoms with E-state index < -0.39 is 0 Å². The first-order valence-electron chi connectivity index (χ1n) is 7.33. The van der Waals surface area contributed by atoms with Gasteiger partial charge in [0.05, 0.1) is 7.11 Å². The van der Waals surface area contributed by atoms with Crippen LogP contribution in [-0.2, 0) is 0 Å². The Hall–Kier alpha value is -2.15. The molecule has 6 nitrogen and oxygen atoms in total. The van der Waals surface area contributed by atoms with E-state index in [0.29, 0.717) is 5.13 Å². The van der Waals surface area contributed by atoms with Crippen LogP contribution in [0.25, 0.3) is 0 Å². The Kier molecular flexibility index (Phi) is 4.53. The third-order valence-electron chi connectivity index (χ3n) is 3.54. The molecule has 0 radical (unpaired) electrons. The van der Waals surface area contributed by atoms with E-state index in [0.717, 1.165) is 42.8 Å². The molecule has 0 aliphatic heterocycles. The lowest BCUT2D eigenvalue weighted by molar-refractivity contribution is 0.415. The van der Waals surface area contributed by atoms with Gasteiger partial charge in [-0.3, -0.25) is 0 Å². The number of ether oxygens (including phenoxy) is 1. The Morgan fingerprint density at radius 2 is 1.95 bits per heavy atom. The number of anilines is 2. The van der Waals surface area contributed by atoms with Gasteiger partial charge in [-0.1, -0.05) is 6.42 Å². The number of aromatic nitrogens is 2. The number of hydrogen-bond donors (Lipinski definition) is 1. The highest BCUT2D eigenvalue weighted by atomic mass is 32.1. The first-order chi connectivity index (χ1) is 10.7. The average Bonchev–Trinajstić information content (AvgIpc) is 2.88. The van der Waals surface area contributed by atoms with Crippen molar-refractivity contribution in [2.45, 2.75) is 32.1 Å². The summed E-state index contributed by atoms with van der Waals surface area (Å²) in [5.74, 6) is 0.785. The molecule has 1 N–H and O–H groups in total. The summed E-state index contributed by atoms with van der Waals surface area (Å²) >= 11 is 1.22. The third-order valence-corrected chi connectivity index (χ3v) is 4.32. The summed E-state index contributed by atoms with van der Waals surface area (Å²) in [6.07, 6.45) is 5.52. The molecule has 0 unspecified atom stereocenters. The van der Waals surface area contributed by atoms with Gasteiger partial charge < -0.3 is 10.1 Å². The van der Waals surface area contributed by atoms with Crippen LogP contribution in [-0.4, -0.2) is 21.9 Å². The average molecular weight is 318 g/mol. The van der Waals surface area contributed by atoms with Crippen molar-refractivity contribution in [3.05, 3.63) is 34.7 Å². The van der Waals surface area contributed by atoms with Crippen LogP contribution in [0, 0.1) is 0 Å². The smallest absolute Gasteiger partial charge is 0.380 e. The highest BCUT2D eigenvalue weighted by molar-refractivity contribution is 7.10. The summed E-state index contributed by atoms with van der Waals surface area (Å²) in [6.45, 7) is 0. The number of benzene rings is 1. The molecule has 1 fully saturated rings. The summed E-state index contributed by atoms with van der Waals surface area (Å²) in [5.41, 5.74) is 1.61. The molecule has 1 aromatic carbocycles. The Bertz CT molecular complexity index is 710. The fourth-order valence-electron chi connectivity index (χ4n) is 2.37. The van der Waals surface area contributed by atoms with Crippen molar-refractivity contribution in [1.82, 2.24) is 9.05 Å². The van der Waals surface area contributed by atoms with Crippen LogP contribution in [0.15, 0.2) is 34.2 Å². The topological polar surface area (TPSA) is 68.5 Å². The minimum Gasteiger partial charge on any atom is -0.497 e. The maximum atomic E-state index is 11.9. The Labute approximate surface area is 132 Å². The second kappa shape index (κ2) is 6.74. The van der Waals surface area contributed by atoms with E-state index in [9.17, 15) is 4.79 Å². The lowest BCUT2D eigenvalue weighted by Crippen LogP contribution is -2.15. The van der Waals surface area contributed by atoms with Crippen molar-refractivity contribution < 1.29 is 4.74 Å². The van der Waals surface area contributed by atoms with Gasteiger partial charge in [0.2, 0.25) is 5.13 Å². The van der Waals surface area contributed by atoms with Crippen molar-refractivity contribution in [1.29, 1.82) is 0 Å². The monoisotopic (exact) mass is 318 g/mol. The summed E-state index contributed by atoms with van der Waals surface area (Å²) in [7, 11) is 1.63. The van der Waals surface area contributed by atoms with E-state index in [-0.39, 0.29) is 5.69 Å². The van der Waals surface area contributed by atoms with Gasteiger partial charge in [-0.25, -0.2) is 4.79 Å². The SMILES string of the molecule is COc1ccc(Nc2nc(=O)n(N=C3CCCCC3)s2)cc1. The predicted molar refractivity (Wildman–Crippen MR) is 88.6 cm³/mol. The van der Waals surface area contributed by atoms with Crippen molar-refractivity contribution in [2.24, 2.45) is 5.10 Å². The van der Waals surface area contributed by atoms with Crippen LogP contribution in [0.1, 0.15) is 32.1 Å². The molecule has 116 valence electrons. The predicted octanol–water partition coefficient (Wildman–Crippen LogP) is 3.23. The largest absolute Gasteiger partial charge is 0.497 e. The lowest BCUT2D eigenvalue weighted by atomic mass is 9.99. The maximum absolute atomic E-state index is 11.9. The van der Waals surface area contributed by atoms with Gasteiger partial charge >= 0.3 is 5.69 Å². The lowest BCUT2D eigenvalue weighted by Gasteiger charge is -2.10. The van der Waals surface area contributed by atoms with Crippen LogP contribution in [0.2, 0.25) is 0 Å². The number of methoxy groups -OCH3 is 1. The van der Waals surface area contributed by atoms with Gasteiger partial charge in [0.25, 0.3) is 0 Å².